The van der Waals surface area contributed by atoms with E-state index in [0.717, 1.165) is 16.7 Å². The summed E-state index contributed by atoms with van der Waals surface area (Å²) in [6.07, 6.45) is 3.46. The first kappa shape index (κ1) is 10.5. The Morgan fingerprint density at radius 1 is 0.944 bits per heavy atom. The minimum absolute atomic E-state index is 0.377. The Morgan fingerprint density at radius 2 is 1.72 bits per heavy atom. The number of anilines is 1. The van der Waals surface area contributed by atoms with Crippen LogP contribution in [0.3, 0.4) is 0 Å². The second kappa shape index (κ2) is 4.33. The Balaban J connectivity index is 2.19. The van der Waals surface area contributed by atoms with Crippen molar-refractivity contribution in [2.45, 2.75) is 0 Å². The smallest absolute Gasteiger partial charge is 0.176 e. The summed E-state index contributed by atoms with van der Waals surface area (Å²) in [5.41, 5.74) is 8.51. The van der Waals surface area contributed by atoms with Gasteiger partial charge in [0.1, 0.15) is 0 Å². The molecule has 1 aromatic carbocycles. The van der Waals surface area contributed by atoms with Crippen LogP contribution in [0.5, 0.6) is 0 Å². The highest BCUT2D eigenvalue weighted by Gasteiger charge is 2.17. The zero-order valence-electron chi connectivity index (χ0n) is 9.58. The number of rotatable bonds is 2. The largest absolute Gasteiger partial charge is 0.380 e. The summed E-state index contributed by atoms with van der Waals surface area (Å²) in [5, 5.41) is 3.84. The van der Waals surface area contributed by atoms with Crippen molar-refractivity contribution in [3.05, 3.63) is 54.9 Å². The molecule has 18 heavy (non-hydrogen) atoms. The molecule has 0 aliphatic rings. The van der Waals surface area contributed by atoms with Crippen LogP contribution in [-0.2, 0) is 0 Å². The monoisotopic (exact) mass is 237 g/mol. The van der Waals surface area contributed by atoms with Crippen LogP contribution in [0, 0.1) is 0 Å². The highest BCUT2D eigenvalue weighted by molar-refractivity contribution is 5.86. The van der Waals surface area contributed by atoms with Crippen LogP contribution in [0.25, 0.3) is 22.5 Å². The maximum Gasteiger partial charge on any atom is 0.176 e. The lowest BCUT2D eigenvalue weighted by atomic mass is 10.0. The third kappa shape index (κ3) is 1.73. The SMILES string of the molecule is Nc1noc(-c2ccccc2)c1-c1cccnc1. The number of nitrogens with two attached hydrogens (primary N) is 1. The van der Waals surface area contributed by atoms with E-state index in [-0.39, 0.29) is 0 Å². The fraction of sp³-hybridized carbons (Fsp3) is 0. The van der Waals surface area contributed by atoms with Crippen molar-refractivity contribution in [2.75, 3.05) is 5.73 Å². The Morgan fingerprint density at radius 3 is 2.44 bits per heavy atom. The van der Waals surface area contributed by atoms with E-state index in [1.807, 2.05) is 42.5 Å². The van der Waals surface area contributed by atoms with Gasteiger partial charge in [0.25, 0.3) is 0 Å². The van der Waals surface area contributed by atoms with Gasteiger partial charge in [-0.2, -0.15) is 0 Å². The van der Waals surface area contributed by atoms with E-state index >= 15 is 0 Å². The fourth-order valence-electron chi connectivity index (χ4n) is 1.88. The first-order valence-corrected chi connectivity index (χ1v) is 5.57. The Hall–Kier alpha value is -2.62. The van der Waals surface area contributed by atoms with Crippen LogP contribution in [0.15, 0.2) is 59.4 Å². The highest BCUT2D eigenvalue weighted by Crippen LogP contribution is 2.35. The van der Waals surface area contributed by atoms with Gasteiger partial charge in [0, 0.05) is 23.5 Å². The zero-order valence-corrected chi connectivity index (χ0v) is 9.58. The second-order valence-electron chi connectivity index (χ2n) is 3.88. The van der Waals surface area contributed by atoms with E-state index in [1.54, 1.807) is 12.4 Å². The molecule has 0 fully saturated rings. The van der Waals surface area contributed by atoms with Crippen molar-refractivity contribution >= 4 is 5.82 Å². The Labute approximate surface area is 104 Å². The average molecular weight is 237 g/mol. The van der Waals surface area contributed by atoms with Crippen molar-refractivity contribution in [2.24, 2.45) is 0 Å². The zero-order chi connectivity index (χ0) is 12.4. The van der Waals surface area contributed by atoms with Gasteiger partial charge in [-0.15, -0.1) is 0 Å². The predicted octanol–water partition coefficient (Wildman–Crippen LogP) is 2.99. The van der Waals surface area contributed by atoms with E-state index in [9.17, 15) is 0 Å². The normalized spacial score (nSPS) is 10.4. The lowest BCUT2D eigenvalue weighted by molar-refractivity contribution is 0.436. The van der Waals surface area contributed by atoms with E-state index in [2.05, 4.69) is 10.1 Å². The summed E-state index contributed by atoms with van der Waals surface area (Å²) in [4.78, 5) is 4.09. The van der Waals surface area contributed by atoms with Crippen molar-refractivity contribution in [3.63, 3.8) is 0 Å². The van der Waals surface area contributed by atoms with Crippen LogP contribution < -0.4 is 5.73 Å². The minimum Gasteiger partial charge on any atom is -0.380 e. The van der Waals surface area contributed by atoms with Crippen LogP contribution >= 0.6 is 0 Å². The molecule has 3 aromatic rings. The number of benzene rings is 1. The highest BCUT2D eigenvalue weighted by atomic mass is 16.5. The molecule has 0 unspecified atom stereocenters. The molecule has 0 spiro atoms. The lowest BCUT2D eigenvalue weighted by Gasteiger charge is -2.01. The molecule has 2 N–H and O–H groups in total. The summed E-state index contributed by atoms with van der Waals surface area (Å²) in [6, 6.07) is 13.5. The molecule has 2 aromatic heterocycles. The lowest BCUT2D eigenvalue weighted by Crippen LogP contribution is -1.89. The summed E-state index contributed by atoms with van der Waals surface area (Å²) >= 11 is 0. The van der Waals surface area contributed by atoms with E-state index < -0.39 is 0 Å². The van der Waals surface area contributed by atoms with Gasteiger partial charge in [0.05, 0.1) is 5.56 Å². The molecule has 0 amide bonds. The molecule has 4 nitrogen and oxygen atoms in total. The van der Waals surface area contributed by atoms with E-state index in [0.29, 0.717) is 11.6 Å². The molecule has 88 valence electrons. The molecule has 3 rings (SSSR count). The standard InChI is InChI=1S/C14H11N3O/c15-14-12(11-7-4-8-16-9-11)13(18-17-14)10-5-2-1-3-6-10/h1-9H,(H2,15,17). The van der Waals surface area contributed by atoms with E-state index in [1.165, 1.54) is 0 Å². The van der Waals surface area contributed by atoms with Crippen molar-refractivity contribution in [1.82, 2.24) is 10.1 Å². The molecule has 2 heterocycles. The first-order valence-electron chi connectivity index (χ1n) is 5.57. The molecule has 0 bridgehead atoms. The van der Waals surface area contributed by atoms with Crippen molar-refractivity contribution in [3.8, 4) is 22.5 Å². The molecule has 0 saturated heterocycles. The number of pyridine rings is 1. The third-order valence-electron chi connectivity index (χ3n) is 2.70. The molecule has 0 atom stereocenters. The fourth-order valence-corrected chi connectivity index (χ4v) is 1.88. The Bertz CT molecular complexity index is 647. The number of nitrogens with zero attached hydrogens (tertiary/aromatic N) is 2. The van der Waals surface area contributed by atoms with Gasteiger partial charge in [-0.1, -0.05) is 41.6 Å². The van der Waals surface area contributed by atoms with Crippen molar-refractivity contribution in [1.29, 1.82) is 0 Å². The summed E-state index contributed by atoms with van der Waals surface area (Å²) < 4.78 is 5.33. The summed E-state index contributed by atoms with van der Waals surface area (Å²) in [6.45, 7) is 0. The topological polar surface area (TPSA) is 64.9 Å². The summed E-state index contributed by atoms with van der Waals surface area (Å²) in [5.74, 6) is 1.04. The van der Waals surface area contributed by atoms with Gasteiger partial charge in [-0.25, -0.2) is 0 Å². The van der Waals surface area contributed by atoms with Crippen LogP contribution in [-0.4, -0.2) is 10.1 Å². The van der Waals surface area contributed by atoms with Gasteiger partial charge in [-0.05, 0) is 6.07 Å². The first-order chi connectivity index (χ1) is 8.86. The molecule has 0 saturated carbocycles. The Kier molecular flexibility index (Phi) is 2.53. The van der Waals surface area contributed by atoms with Crippen LogP contribution in [0.2, 0.25) is 0 Å². The van der Waals surface area contributed by atoms with Gasteiger partial charge in [0.15, 0.2) is 11.6 Å². The van der Waals surface area contributed by atoms with Gasteiger partial charge in [-0.3, -0.25) is 4.98 Å². The van der Waals surface area contributed by atoms with E-state index in [4.69, 9.17) is 10.3 Å². The predicted molar refractivity (Wildman–Crippen MR) is 69.6 cm³/mol. The van der Waals surface area contributed by atoms with Gasteiger partial charge >= 0.3 is 0 Å². The molecular weight excluding hydrogens is 226 g/mol. The average Bonchev–Trinajstić information content (AvgIpc) is 2.83. The van der Waals surface area contributed by atoms with Crippen LogP contribution in [0.4, 0.5) is 5.82 Å². The van der Waals surface area contributed by atoms with Gasteiger partial charge in [0.2, 0.25) is 0 Å². The summed E-state index contributed by atoms with van der Waals surface area (Å²) in [7, 11) is 0. The molecule has 0 radical (unpaired) electrons. The van der Waals surface area contributed by atoms with Crippen LogP contribution in [0.1, 0.15) is 0 Å². The maximum atomic E-state index is 5.88. The minimum atomic E-state index is 0.377. The molecule has 0 aliphatic carbocycles. The maximum absolute atomic E-state index is 5.88. The molecule has 4 heteroatoms. The molecular formula is C14H11N3O. The quantitative estimate of drug-likeness (QED) is 0.744. The number of nitrogen functional groups attached to an aromatic ring is 1. The second-order valence-corrected chi connectivity index (χ2v) is 3.88. The third-order valence-corrected chi connectivity index (χ3v) is 2.70. The number of hydrogen-bond donors (Lipinski definition) is 1. The molecule has 0 aliphatic heterocycles. The van der Waals surface area contributed by atoms with Crippen molar-refractivity contribution < 1.29 is 4.52 Å². The number of hydrogen-bond acceptors (Lipinski definition) is 4. The number of aromatic nitrogens is 2. The van der Waals surface area contributed by atoms with Gasteiger partial charge < -0.3 is 10.3 Å².